The van der Waals surface area contributed by atoms with Crippen LogP contribution in [0.4, 0.5) is 0 Å². The number of hydrogen-bond donors (Lipinski definition) is 1. The van der Waals surface area contributed by atoms with Crippen molar-refractivity contribution in [2.45, 2.75) is 10.9 Å². The Labute approximate surface area is 122 Å². The normalized spacial score (nSPS) is 13.7. The summed E-state index contributed by atoms with van der Waals surface area (Å²) >= 11 is 0. The molecule has 1 N–H and O–H groups in total. The molecule has 0 aliphatic carbocycles. The first-order valence-corrected chi connectivity index (χ1v) is 7.81. The molecule has 0 aromatic heterocycles. The van der Waals surface area contributed by atoms with Crippen LogP contribution in [0, 0.1) is 0 Å². The Morgan fingerprint density at radius 2 is 1.75 bits per heavy atom. The first kappa shape index (κ1) is 14.8. The highest BCUT2D eigenvalue weighted by Crippen LogP contribution is 2.19. The minimum atomic E-state index is -1.04. The highest BCUT2D eigenvalue weighted by Gasteiger charge is 2.14. The Bertz CT molecular complexity index is 554. The molecule has 20 heavy (non-hydrogen) atoms. The van der Waals surface area contributed by atoms with Gasteiger partial charge in [0.15, 0.2) is 0 Å². The smallest absolute Gasteiger partial charge is 0.118 e. The average molecular weight is 289 g/mol. The van der Waals surface area contributed by atoms with E-state index >= 15 is 0 Å². The Kier molecular flexibility index (Phi) is 5.32. The maximum atomic E-state index is 12.4. The van der Waals surface area contributed by atoms with Gasteiger partial charge in [-0.2, -0.15) is 0 Å². The molecule has 2 unspecified atom stereocenters. The zero-order valence-electron chi connectivity index (χ0n) is 11.7. The van der Waals surface area contributed by atoms with Crippen molar-refractivity contribution in [1.82, 2.24) is 5.32 Å². The van der Waals surface area contributed by atoms with Crippen LogP contribution in [0.2, 0.25) is 0 Å². The lowest BCUT2D eigenvalue weighted by atomic mass is 10.1. The number of nitrogens with one attached hydrogen (secondary N) is 1. The summed E-state index contributed by atoms with van der Waals surface area (Å²) in [6.07, 6.45) is 0. The molecule has 106 valence electrons. The van der Waals surface area contributed by atoms with E-state index in [-0.39, 0.29) is 6.04 Å². The van der Waals surface area contributed by atoms with Gasteiger partial charge < -0.3 is 10.1 Å². The first-order valence-electron chi connectivity index (χ1n) is 6.49. The van der Waals surface area contributed by atoms with Crippen molar-refractivity contribution in [2.75, 3.05) is 19.9 Å². The lowest BCUT2D eigenvalue weighted by Gasteiger charge is -2.16. The fourth-order valence-corrected chi connectivity index (χ4v) is 3.30. The molecule has 0 spiro atoms. The fourth-order valence-electron chi connectivity index (χ4n) is 2.01. The van der Waals surface area contributed by atoms with Crippen molar-refractivity contribution in [3.05, 3.63) is 60.2 Å². The topological polar surface area (TPSA) is 38.3 Å². The molecule has 2 rings (SSSR count). The van der Waals surface area contributed by atoms with Crippen LogP contribution in [0.25, 0.3) is 0 Å². The van der Waals surface area contributed by atoms with Crippen LogP contribution in [0.1, 0.15) is 11.6 Å². The predicted molar refractivity (Wildman–Crippen MR) is 82.5 cm³/mol. The van der Waals surface area contributed by atoms with E-state index in [1.165, 1.54) is 0 Å². The molecule has 0 aliphatic rings. The van der Waals surface area contributed by atoms with Gasteiger partial charge in [-0.3, -0.25) is 4.21 Å². The Morgan fingerprint density at radius 3 is 2.30 bits per heavy atom. The Hall–Kier alpha value is -1.65. The van der Waals surface area contributed by atoms with Gasteiger partial charge in [-0.15, -0.1) is 0 Å². The minimum Gasteiger partial charge on any atom is -0.497 e. The van der Waals surface area contributed by atoms with Gasteiger partial charge in [0, 0.05) is 16.7 Å². The summed E-state index contributed by atoms with van der Waals surface area (Å²) in [4.78, 5) is 0.821. The van der Waals surface area contributed by atoms with E-state index in [0.29, 0.717) is 5.75 Å². The van der Waals surface area contributed by atoms with Gasteiger partial charge in [0.05, 0.1) is 17.9 Å². The third kappa shape index (κ3) is 3.68. The van der Waals surface area contributed by atoms with Crippen molar-refractivity contribution in [2.24, 2.45) is 0 Å². The molecule has 2 aromatic carbocycles. The quantitative estimate of drug-likeness (QED) is 0.888. The van der Waals surface area contributed by atoms with Crippen molar-refractivity contribution in [3.63, 3.8) is 0 Å². The Morgan fingerprint density at radius 1 is 1.10 bits per heavy atom. The summed E-state index contributed by atoms with van der Waals surface area (Å²) in [5, 5.41) is 3.22. The molecule has 0 heterocycles. The molecule has 2 aromatic rings. The summed E-state index contributed by atoms with van der Waals surface area (Å²) in [6.45, 7) is 0. The predicted octanol–water partition coefficient (Wildman–Crippen LogP) is 2.76. The average Bonchev–Trinajstić information content (AvgIpc) is 2.53. The summed E-state index contributed by atoms with van der Waals surface area (Å²) in [5.41, 5.74) is 1.15. The van der Waals surface area contributed by atoms with E-state index in [9.17, 15) is 4.21 Å². The second-order valence-corrected chi connectivity index (χ2v) is 5.94. The summed E-state index contributed by atoms with van der Waals surface area (Å²) in [5.74, 6) is 1.33. The molecule has 0 bridgehead atoms. The molecule has 2 atom stereocenters. The number of hydrogen-bond acceptors (Lipinski definition) is 3. The van der Waals surface area contributed by atoms with Crippen molar-refractivity contribution in [1.29, 1.82) is 0 Å². The van der Waals surface area contributed by atoms with E-state index in [4.69, 9.17) is 4.74 Å². The zero-order valence-corrected chi connectivity index (χ0v) is 12.5. The van der Waals surface area contributed by atoms with E-state index in [1.807, 2.05) is 61.6 Å². The van der Waals surface area contributed by atoms with Gasteiger partial charge >= 0.3 is 0 Å². The molecule has 0 fully saturated rings. The fraction of sp³-hybridized carbons (Fsp3) is 0.250. The van der Waals surface area contributed by atoms with Gasteiger partial charge in [0.25, 0.3) is 0 Å². The van der Waals surface area contributed by atoms with E-state index in [1.54, 1.807) is 7.11 Å². The summed E-state index contributed by atoms with van der Waals surface area (Å²) in [7, 11) is 2.47. The second kappa shape index (κ2) is 7.22. The monoisotopic (exact) mass is 289 g/mol. The molecule has 0 radical (unpaired) electrons. The van der Waals surface area contributed by atoms with Gasteiger partial charge in [-0.25, -0.2) is 0 Å². The van der Waals surface area contributed by atoms with Crippen LogP contribution in [-0.4, -0.2) is 24.1 Å². The molecule has 4 heteroatoms. The molecule has 0 aliphatic heterocycles. The number of methoxy groups -OCH3 is 1. The molecular formula is C16H19NO2S. The summed E-state index contributed by atoms with van der Waals surface area (Å²) in [6, 6.07) is 17.5. The van der Waals surface area contributed by atoms with Crippen molar-refractivity contribution >= 4 is 10.8 Å². The van der Waals surface area contributed by atoms with Gasteiger partial charge in [0.1, 0.15) is 5.75 Å². The van der Waals surface area contributed by atoms with Crippen LogP contribution < -0.4 is 10.1 Å². The molecule has 0 saturated heterocycles. The standard InChI is InChI=1S/C16H19NO2S/c1-17-16(13-6-4-3-5-7-13)12-20(18)15-10-8-14(19-2)9-11-15/h3-11,16-17H,12H2,1-2H3. The molecule has 3 nitrogen and oxygen atoms in total. The van der Waals surface area contributed by atoms with Crippen LogP contribution >= 0.6 is 0 Å². The third-order valence-corrected chi connectivity index (χ3v) is 4.62. The van der Waals surface area contributed by atoms with Gasteiger partial charge in [0.2, 0.25) is 0 Å². The number of benzene rings is 2. The molecular weight excluding hydrogens is 270 g/mol. The van der Waals surface area contributed by atoms with E-state index in [0.717, 1.165) is 16.2 Å². The molecule has 0 amide bonds. The number of rotatable bonds is 6. The lowest BCUT2D eigenvalue weighted by Crippen LogP contribution is -2.22. The first-order chi connectivity index (χ1) is 9.74. The van der Waals surface area contributed by atoms with Gasteiger partial charge in [-0.05, 0) is 36.9 Å². The summed E-state index contributed by atoms with van der Waals surface area (Å²) < 4.78 is 17.5. The number of ether oxygens (including phenoxy) is 1. The highest BCUT2D eigenvalue weighted by atomic mass is 32.2. The SMILES string of the molecule is CNC(CS(=O)c1ccc(OC)cc1)c1ccccc1. The van der Waals surface area contributed by atoms with Crippen molar-refractivity contribution in [3.8, 4) is 5.75 Å². The van der Waals surface area contributed by atoms with Crippen LogP contribution in [-0.2, 0) is 10.8 Å². The maximum absolute atomic E-state index is 12.4. The van der Waals surface area contributed by atoms with E-state index < -0.39 is 10.8 Å². The largest absolute Gasteiger partial charge is 0.497 e. The van der Waals surface area contributed by atoms with Crippen molar-refractivity contribution < 1.29 is 8.95 Å². The third-order valence-electron chi connectivity index (χ3n) is 3.19. The Balaban J connectivity index is 2.09. The van der Waals surface area contributed by atoms with E-state index in [2.05, 4.69) is 5.32 Å². The lowest BCUT2D eigenvalue weighted by molar-refractivity contribution is 0.414. The zero-order chi connectivity index (χ0) is 14.4. The van der Waals surface area contributed by atoms with Crippen LogP contribution in [0.3, 0.4) is 0 Å². The van der Waals surface area contributed by atoms with Crippen LogP contribution in [0.5, 0.6) is 5.75 Å². The second-order valence-electron chi connectivity index (χ2n) is 4.44. The van der Waals surface area contributed by atoms with Crippen LogP contribution in [0.15, 0.2) is 59.5 Å². The maximum Gasteiger partial charge on any atom is 0.118 e. The molecule has 0 saturated carbocycles. The van der Waals surface area contributed by atoms with Gasteiger partial charge in [-0.1, -0.05) is 30.3 Å². The minimum absolute atomic E-state index is 0.0825. The highest BCUT2D eigenvalue weighted by molar-refractivity contribution is 7.85.